The van der Waals surface area contributed by atoms with E-state index in [2.05, 4.69) is 4.89 Å². The van der Waals surface area contributed by atoms with E-state index in [-0.39, 0.29) is 18.6 Å². The SMILES string of the molecule is CC(C)(C)OOCCC(=O)O. The summed E-state index contributed by atoms with van der Waals surface area (Å²) in [7, 11) is 0. The molecule has 0 aromatic rings. The van der Waals surface area contributed by atoms with Gasteiger partial charge in [0.15, 0.2) is 0 Å². The van der Waals surface area contributed by atoms with Gasteiger partial charge in [-0.05, 0) is 20.8 Å². The Balaban J connectivity index is 3.22. The van der Waals surface area contributed by atoms with Crippen molar-refractivity contribution < 1.29 is 19.7 Å². The fraction of sp³-hybridized carbons (Fsp3) is 0.857. The summed E-state index contributed by atoms with van der Waals surface area (Å²) in [6, 6.07) is 0. The van der Waals surface area contributed by atoms with Gasteiger partial charge in [-0.25, -0.2) is 9.78 Å². The van der Waals surface area contributed by atoms with Gasteiger partial charge in [0.05, 0.1) is 18.6 Å². The zero-order valence-electron chi connectivity index (χ0n) is 7.09. The van der Waals surface area contributed by atoms with Crippen molar-refractivity contribution >= 4 is 5.97 Å². The van der Waals surface area contributed by atoms with Gasteiger partial charge in [-0.15, -0.1) is 0 Å². The minimum Gasteiger partial charge on any atom is -0.481 e. The first-order valence-electron chi connectivity index (χ1n) is 3.44. The zero-order valence-corrected chi connectivity index (χ0v) is 7.09. The van der Waals surface area contributed by atoms with Gasteiger partial charge < -0.3 is 5.11 Å². The van der Waals surface area contributed by atoms with Gasteiger partial charge in [0.1, 0.15) is 0 Å². The van der Waals surface area contributed by atoms with E-state index in [0.717, 1.165) is 0 Å². The molecule has 0 aromatic heterocycles. The molecule has 0 heterocycles. The molecule has 0 radical (unpaired) electrons. The van der Waals surface area contributed by atoms with Crippen molar-refractivity contribution in [3.8, 4) is 0 Å². The van der Waals surface area contributed by atoms with Crippen LogP contribution >= 0.6 is 0 Å². The van der Waals surface area contributed by atoms with Gasteiger partial charge in [0.25, 0.3) is 0 Å². The van der Waals surface area contributed by atoms with Crippen molar-refractivity contribution in [1.29, 1.82) is 0 Å². The molecule has 0 aliphatic rings. The highest BCUT2D eigenvalue weighted by atomic mass is 17.2. The van der Waals surface area contributed by atoms with E-state index in [0.29, 0.717) is 0 Å². The van der Waals surface area contributed by atoms with Crippen molar-refractivity contribution in [2.24, 2.45) is 0 Å². The van der Waals surface area contributed by atoms with Gasteiger partial charge in [-0.2, -0.15) is 0 Å². The van der Waals surface area contributed by atoms with Crippen molar-refractivity contribution in [3.05, 3.63) is 0 Å². The third-order valence-corrected chi connectivity index (χ3v) is 0.708. The lowest BCUT2D eigenvalue weighted by Crippen LogP contribution is -2.20. The average molecular weight is 162 g/mol. The Morgan fingerprint density at radius 3 is 2.36 bits per heavy atom. The lowest BCUT2D eigenvalue weighted by molar-refractivity contribution is -0.348. The zero-order chi connectivity index (χ0) is 8.91. The summed E-state index contributed by atoms with van der Waals surface area (Å²) < 4.78 is 0. The first-order chi connectivity index (χ1) is 4.92. The highest BCUT2D eigenvalue weighted by Gasteiger charge is 2.11. The topological polar surface area (TPSA) is 55.8 Å². The van der Waals surface area contributed by atoms with Crippen LogP contribution in [0.1, 0.15) is 27.2 Å². The Bertz CT molecular complexity index is 125. The van der Waals surface area contributed by atoms with Crippen molar-refractivity contribution in [2.45, 2.75) is 32.8 Å². The molecule has 0 rings (SSSR count). The van der Waals surface area contributed by atoms with Crippen LogP contribution in [0.3, 0.4) is 0 Å². The number of aliphatic carboxylic acids is 1. The first kappa shape index (κ1) is 10.4. The Hall–Kier alpha value is -0.610. The Morgan fingerprint density at radius 1 is 1.45 bits per heavy atom. The van der Waals surface area contributed by atoms with Crippen molar-refractivity contribution in [1.82, 2.24) is 0 Å². The highest BCUT2D eigenvalue weighted by Crippen LogP contribution is 2.06. The third kappa shape index (κ3) is 9.39. The number of carboxylic acid groups (broad SMARTS) is 1. The molecule has 1 N–H and O–H groups in total. The van der Waals surface area contributed by atoms with Crippen LogP contribution in [0, 0.1) is 0 Å². The molecule has 0 atom stereocenters. The van der Waals surface area contributed by atoms with Crippen molar-refractivity contribution in [2.75, 3.05) is 6.61 Å². The molecule has 4 nitrogen and oxygen atoms in total. The highest BCUT2D eigenvalue weighted by molar-refractivity contribution is 5.66. The minimum absolute atomic E-state index is 0.0317. The Labute approximate surface area is 66.0 Å². The van der Waals surface area contributed by atoms with E-state index in [1.807, 2.05) is 20.8 Å². The van der Waals surface area contributed by atoms with Crippen molar-refractivity contribution in [3.63, 3.8) is 0 Å². The molecule has 0 aromatic carbocycles. The van der Waals surface area contributed by atoms with Crippen LogP contribution in [-0.4, -0.2) is 23.3 Å². The van der Waals surface area contributed by atoms with Crippen LogP contribution < -0.4 is 0 Å². The molecular weight excluding hydrogens is 148 g/mol. The summed E-state index contributed by atoms with van der Waals surface area (Å²) >= 11 is 0. The molecule has 0 bridgehead atoms. The molecule has 0 amide bonds. The summed E-state index contributed by atoms with van der Waals surface area (Å²) in [6.07, 6.45) is -0.0317. The van der Waals surface area contributed by atoms with E-state index in [4.69, 9.17) is 9.99 Å². The lowest BCUT2D eigenvalue weighted by atomic mass is 10.2. The summed E-state index contributed by atoms with van der Waals surface area (Å²) in [5.41, 5.74) is -0.376. The van der Waals surface area contributed by atoms with Gasteiger partial charge in [0.2, 0.25) is 0 Å². The summed E-state index contributed by atoms with van der Waals surface area (Å²) in [4.78, 5) is 19.4. The molecule has 66 valence electrons. The van der Waals surface area contributed by atoms with Crippen LogP contribution in [0.5, 0.6) is 0 Å². The molecule has 0 fully saturated rings. The van der Waals surface area contributed by atoms with Crippen LogP contribution in [0.2, 0.25) is 0 Å². The van der Waals surface area contributed by atoms with Crippen LogP contribution in [0.4, 0.5) is 0 Å². The largest absolute Gasteiger partial charge is 0.481 e. The van der Waals surface area contributed by atoms with Crippen LogP contribution in [-0.2, 0) is 14.6 Å². The number of carbonyl (C=O) groups is 1. The normalized spacial score (nSPS) is 11.5. The van der Waals surface area contributed by atoms with Gasteiger partial charge in [-0.1, -0.05) is 0 Å². The van der Waals surface area contributed by atoms with Gasteiger partial charge in [0, 0.05) is 0 Å². The maximum absolute atomic E-state index is 9.99. The summed E-state index contributed by atoms with van der Waals surface area (Å²) in [6.45, 7) is 5.57. The molecule has 0 unspecified atom stereocenters. The fourth-order valence-electron chi connectivity index (χ4n) is 0.347. The summed E-state index contributed by atoms with van der Waals surface area (Å²) in [5.74, 6) is -0.887. The minimum atomic E-state index is -0.887. The third-order valence-electron chi connectivity index (χ3n) is 0.708. The van der Waals surface area contributed by atoms with E-state index in [1.54, 1.807) is 0 Å². The smallest absolute Gasteiger partial charge is 0.305 e. The Kier molecular flexibility index (Phi) is 4.07. The molecular formula is C7H14O4. The van der Waals surface area contributed by atoms with E-state index >= 15 is 0 Å². The standard InChI is InChI=1S/C7H14O4/c1-7(2,3)11-10-5-4-6(8)9/h4-5H2,1-3H3,(H,8,9). The number of hydrogen-bond donors (Lipinski definition) is 1. The predicted octanol–water partition coefficient (Wildman–Crippen LogP) is 1.21. The molecule has 0 aliphatic carbocycles. The Morgan fingerprint density at radius 2 is 2.00 bits per heavy atom. The number of rotatable bonds is 4. The maximum Gasteiger partial charge on any atom is 0.305 e. The molecule has 0 saturated carbocycles. The quantitative estimate of drug-likeness (QED) is 0.383. The molecule has 0 saturated heterocycles. The van der Waals surface area contributed by atoms with Crippen LogP contribution in [0.15, 0.2) is 0 Å². The van der Waals surface area contributed by atoms with E-state index in [9.17, 15) is 4.79 Å². The van der Waals surface area contributed by atoms with Gasteiger partial charge >= 0.3 is 5.97 Å². The second-order valence-electron chi connectivity index (χ2n) is 3.16. The second-order valence-corrected chi connectivity index (χ2v) is 3.16. The van der Waals surface area contributed by atoms with E-state index < -0.39 is 5.97 Å². The van der Waals surface area contributed by atoms with E-state index in [1.165, 1.54) is 0 Å². The van der Waals surface area contributed by atoms with Crippen LogP contribution in [0.25, 0.3) is 0 Å². The monoisotopic (exact) mass is 162 g/mol. The fourth-order valence-corrected chi connectivity index (χ4v) is 0.347. The average Bonchev–Trinajstić information content (AvgIpc) is 1.78. The van der Waals surface area contributed by atoms with Gasteiger partial charge in [-0.3, -0.25) is 4.79 Å². The molecule has 0 aliphatic heterocycles. The molecule has 11 heavy (non-hydrogen) atoms. The lowest BCUT2D eigenvalue weighted by Gasteiger charge is -2.16. The maximum atomic E-state index is 9.99. The molecule has 4 heteroatoms. The summed E-state index contributed by atoms with van der Waals surface area (Å²) in [5, 5.41) is 8.21. The predicted molar refractivity (Wildman–Crippen MR) is 39.0 cm³/mol. The number of carboxylic acids is 1. The second kappa shape index (κ2) is 4.31. The first-order valence-corrected chi connectivity index (χ1v) is 3.44. The number of hydrogen-bond acceptors (Lipinski definition) is 3. The molecule has 0 spiro atoms.